The third-order valence-corrected chi connectivity index (χ3v) is 7.31. The second-order valence-corrected chi connectivity index (χ2v) is 12.9. The van der Waals surface area contributed by atoms with E-state index in [-0.39, 0.29) is 28.6 Å². The zero-order valence-corrected chi connectivity index (χ0v) is 29.2. The molecule has 1 atom stereocenters. The summed E-state index contributed by atoms with van der Waals surface area (Å²) in [6, 6.07) is 0. The Kier molecular flexibility index (Phi) is 25.7. The van der Waals surface area contributed by atoms with E-state index >= 15 is 0 Å². The molecule has 0 aliphatic carbocycles. The topological polar surface area (TPSA) is 80.0 Å². The summed E-state index contributed by atoms with van der Waals surface area (Å²) in [6.45, 7) is 26.3. The fourth-order valence-corrected chi connectivity index (χ4v) is 2.85. The summed E-state index contributed by atoms with van der Waals surface area (Å²) in [5.41, 5.74) is 1.16. The third kappa shape index (κ3) is 25.3. The maximum Gasteiger partial charge on any atom is 0.225 e. The van der Waals surface area contributed by atoms with Crippen LogP contribution in [0.5, 0.6) is 0 Å². The van der Waals surface area contributed by atoms with Gasteiger partial charge in [0.1, 0.15) is 0 Å². The fraction of sp³-hybridized carbons (Fsp3) is 0.875. The van der Waals surface area contributed by atoms with Crippen molar-refractivity contribution in [3.63, 3.8) is 0 Å². The number of nitrogens with zero attached hydrogens (tertiary/aromatic N) is 3. The summed E-state index contributed by atoms with van der Waals surface area (Å²) in [6.07, 6.45) is 5.12. The number of allylic oxidation sites excluding steroid dienone is 1. The smallest absolute Gasteiger partial charge is 0.225 e. The SMILES string of the molecule is C=C(NCCCN(C)C)C(C)(C)CC.CCC(C)(C)C(=O)NCCN(C)C.CCC(C)C(=O)NCCCN(C)C. The average Bonchev–Trinajstić information content (AvgIpc) is 2.88. The van der Waals surface area contributed by atoms with Crippen molar-refractivity contribution >= 4 is 11.8 Å². The van der Waals surface area contributed by atoms with Crippen LogP contribution >= 0.6 is 0 Å². The predicted molar refractivity (Wildman–Crippen MR) is 176 cm³/mol. The van der Waals surface area contributed by atoms with E-state index in [9.17, 15) is 9.59 Å². The van der Waals surface area contributed by atoms with Gasteiger partial charge in [0.15, 0.2) is 0 Å². The molecule has 0 saturated heterocycles. The number of hydrogen-bond donors (Lipinski definition) is 3. The van der Waals surface area contributed by atoms with E-state index in [1.165, 1.54) is 12.1 Å². The van der Waals surface area contributed by atoms with Crippen molar-refractivity contribution in [3.8, 4) is 0 Å². The van der Waals surface area contributed by atoms with E-state index in [0.29, 0.717) is 0 Å². The molecule has 0 saturated carbocycles. The van der Waals surface area contributed by atoms with Crippen molar-refractivity contribution in [2.24, 2.45) is 16.7 Å². The number of carbonyl (C=O) groups excluding carboxylic acids is 2. The zero-order valence-electron chi connectivity index (χ0n) is 29.2. The van der Waals surface area contributed by atoms with Crippen molar-refractivity contribution in [2.45, 2.75) is 87.5 Å². The lowest BCUT2D eigenvalue weighted by atomic mass is 9.87. The Balaban J connectivity index is -0.000000514. The highest BCUT2D eigenvalue weighted by atomic mass is 16.2. The minimum Gasteiger partial charge on any atom is -0.388 e. The van der Waals surface area contributed by atoms with E-state index in [4.69, 9.17) is 0 Å². The highest BCUT2D eigenvalue weighted by Gasteiger charge is 2.24. The summed E-state index contributed by atoms with van der Waals surface area (Å²) in [5.74, 6) is 0.484. The second kappa shape index (κ2) is 24.0. The molecule has 2 amide bonds. The van der Waals surface area contributed by atoms with Gasteiger partial charge in [-0.05, 0) is 87.5 Å². The first-order valence-electron chi connectivity index (χ1n) is 15.3. The van der Waals surface area contributed by atoms with Gasteiger partial charge in [0.05, 0.1) is 0 Å². The van der Waals surface area contributed by atoms with Crippen LogP contribution in [0.2, 0.25) is 0 Å². The van der Waals surface area contributed by atoms with E-state index < -0.39 is 0 Å². The van der Waals surface area contributed by atoms with Crippen molar-refractivity contribution < 1.29 is 9.59 Å². The number of carbonyl (C=O) groups is 2. The van der Waals surface area contributed by atoms with Crippen LogP contribution in [-0.2, 0) is 9.59 Å². The molecule has 3 N–H and O–H groups in total. The molecule has 1 unspecified atom stereocenters. The van der Waals surface area contributed by atoms with Gasteiger partial charge < -0.3 is 30.7 Å². The summed E-state index contributed by atoms with van der Waals surface area (Å²) >= 11 is 0. The first kappa shape index (κ1) is 42.8. The van der Waals surface area contributed by atoms with Crippen LogP contribution in [0.25, 0.3) is 0 Å². The zero-order chi connectivity index (χ0) is 31.9. The van der Waals surface area contributed by atoms with Gasteiger partial charge in [-0.25, -0.2) is 0 Å². The van der Waals surface area contributed by atoms with Crippen LogP contribution in [0.3, 0.4) is 0 Å². The number of hydrogen-bond acceptors (Lipinski definition) is 6. The van der Waals surface area contributed by atoms with Crippen LogP contribution in [0.4, 0.5) is 0 Å². The van der Waals surface area contributed by atoms with Crippen LogP contribution < -0.4 is 16.0 Å². The van der Waals surface area contributed by atoms with E-state index in [1.54, 1.807) is 0 Å². The maximum absolute atomic E-state index is 11.5. The molecule has 0 heterocycles. The first-order valence-corrected chi connectivity index (χ1v) is 15.3. The molecular formula is C32H70N6O2. The highest BCUT2D eigenvalue weighted by Crippen LogP contribution is 2.26. The van der Waals surface area contributed by atoms with E-state index in [2.05, 4.69) is 72.1 Å². The molecule has 0 aliphatic heterocycles. The van der Waals surface area contributed by atoms with Crippen molar-refractivity contribution in [1.29, 1.82) is 0 Å². The third-order valence-electron chi connectivity index (χ3n) is 7.31. The number of nitrogens with one attached hydrogen (secondary N) is 3. The van der Waals surface area contributed by atoms with Crippen LogP contribution in [0.15, 0.2) is 12.3 Å². The molecule has 0 aromatic rings. The molecule has 0 spiro atoms. The van der Waals surface area contributed by atoms with Gasteiger partial charge in [-0.15, -0.1) is 0 Å². The van der Waals surface area contributed by atoms with Gasteiger partial charge in [-0.1, -0.05) is 62.0 Å². The molecule has 0 rings (SSSR count). The lowest BCUT2D eigenvalue weighted by Crippen LogP contribution is -2.39. The van der Waals surface area contributed by atoms with Crippen molar-refractivity contribution in [2.75, 3.05) is 81.6 Å². The van der Waals surface area contributed by atoms with E-state index in [1.807, 2.05) is 62.8 Å². The molecule has 8 nitrogen and oxygen atoms in total. The Labute approximate surface area is 250 Å². The van der Waals surface area contributed by atoms with Gasteiger partial charge in [0.2, 0.25) is 11.8 Å². The first-order chi connectivity index (χ1) is 18.4. The Bertz CT molecular complexity index is 660. The molecule has 0 bridgehead atoms. The molecule has 40 heavy (non-hydrogen) atoms. The Morgan fingerprint density at radius 3 is 1.48 bits per heavy atom. The van der Waals surface area contributed by atoms with Crippen LogP contribution in [-0.4, -0.2) is 108 Å². The van der Waals surface area contributed by atoms with Crippen molar-refractivity contribution in [3.05, 3.63) is 12.3 Å². The molecule has 0 aliphatic rings. The van der Waals surface area contributed by atoms with Crippen molar-refractivity contribution in [1.82, 2.24) is 30.7 Å². The quantitative estimate of drug-likeness (QED) is 0.208. The normalized spacial score (nSPS) is 12.2. The summed E-state index contributed by atoms with van der Waals surface area (Å²) in [5, 5.41) is 9.26. The lowest BCUT2D eigenvalue weighted by Gasteiger charge is -2.26. The van der Waals surface area contributed by atoms with Crippen LogP contribution in [0, 0.1) is 16.7 Å². The van der Waals surface area contributed by atoms with Gasteiger partial charge in [0, 0.05) is 48.6 Å². The maximum atomic E-state index is 11.5. The summed E-state index contributed by atoms with van der Waals surface area (Å²) in [7, 11) is 12.3. The van der Waals surface area contributed by atoms with Gasteiger partial charge in [0.25, 0.3) is 0 Å². The van der Waals surface area contributed by atoms with E-state index in [0.717, 1.165) is 65.0 Å². The fourth-order valence-electron chi connectivity index (χ4n) is 2.85. The molecule has 8 heteroatoms. The highest BCUT2D eigenvalue weighted by molar-refractivity contribution is 5.81. The number of rotatable bonds is 18. The lowest BCUT2D eigenvalue weighted by molar-refractivity contribution is -0.129. The summed E-state index contributed by atoms with van der Waals surface area (Å²) < 4.78 is 0. The Morgan fingerprint density at radius 2 is 1.10 bits per heavy atom. The predicted octanol–water partition coefficient (Wildman–Crippen LogP) is 4.68. The monoisotopic (exact) mass is 571 g/mol. The van der Waals surface area contributed by atoms with Gasteiger partial charge in [-0.3, -0.25) is 9.59 Å². The minimum absolute atomic E-state index is 0.150. The molecule has 0 aromatic heterocycles. The second-order valence-electron chi connectivity index (χ2n) is 12.9. The van der Waals surface area contributed by atoms with Crippen LogP contribution in [0.1, 0.15) is 87.5 Å². The molecule has 0 radical (unpaired) electrons. The Hall–Kier alpha value is -1.64. The molecular weight excluding hydrogens is 500 g/mol. The Morgan fingerprint density at radius 1 is 0.675 bits per heavy atom. The number of amides is 2. The molecule has 240 valence electrons. The average molecular weight is 571 g/mol. The van der Waals surface area contributed by atoms with Gasteiger partial charge in [-0.2, -0.15) is 0 Å². The van der Waals surface area contributed by atoms with Gasteiger partial charge >= 0.3 is 0 Å². The standard InChI is InChI=1S/C12H26N2.2C10H22N2O/c1-7-12(3,4)11(2)13-9-8-10-14(5)6;1-6-10(2,3)9(13)11-7-8-12(4)5;1-5-9(2)10(13)11-7-6-8-12(3)4/h13H,2,7-10H2,1,3-6H3;6-8H2,1-5H3,(H,11,13);9H,5-8H2,1-4H3,(H,11,13). The summed E-state index contributed by atoms with van der Waals surface area (Å²) in [4.78, 5) is 29.2. The molecule has 0 fully saturated rings. The molecule has 0 aromatic carbocycles. The largest absolute Gasteiger partial charge is 0.388 e. The minimum atomic E-state index is -0.230. The number of likely N-dealkylation sites (N-methyl/N-ethyl adjacent to an activating group) is 1.